The standard InChI is InChI=1S/C25H28ClN3O3/c26-19-6-3-5-17(13-19)15-27-25-28-22-14-18(10-11-23(22)32-25)24(30)29(20-7-1-2-8-20)16-21-9-4-12-31-21/h3,5-6,10-11,13-14,20-21H,1-2,4,7-9,12,15-16H2,(H,27,28). The zero-order chi connectivity index (χ0) is 21.9. The number of hydrogen-bond acceptors (Lipinski definition) is 5. The zero-order valence-corrected chi connectivity index (χ0v) is 18.8. The molecule has 1 saturated heterocycles. The maximum atomic E-state index is 13.5. The fourth-order valence-electron chi connectivity index (χ4n) is 4.75. The Labute approximate surface area is 192 Å². The number of carbonyl (C=O) groups is 1. The number of anilines is 1. The molecule has 0 bridgehead atoms. The van der Waals surface area contributed by atoms with Crippen molar-refractivity contribution < 1.29 is 13.9 Å². The number of amides is 1. The molecule has 1 atom stereocenters. The van der Waals surface area contributed by atoms with E-state index in [1.807, 2.05) is 47.4 Å². The third-order valence-electron chi connectivity index (χ3n) is 6.42. The first kappa shape index (κ1) is 21.3. The minimum atomic E-state index is 0.0609. The molecule has 2 heterocycles. The van der Waals surface area contributed by atoms with Crippen LogP contribution >= 0.6 is 11.6 Å². The molecule has 1 N–H and O–H groups in total. The van der Waals surface area contributed by atoms with Crippen molar-refractivity contribution in [3.8, 4) is 0 Å². The molecule has 2 aromatic carbocycles. The zero-order valence-electron chi connectivity index (χ0n) is 18.1. The van der Waals surface area contributed by atoms with E-state index in [4.69, 9.17) is 20.8 Å². The number of aromatic nitrogens is 1. The average Bonchev–Trinajstić information content (AvgIpc) is 3.57. The topological polar surface area (TPSA) is 67.6 Å². The molecule has 2 fully saturated rings. The van der Waals surface area contributed by atoms with Gasteiger partial charge in [-0.1, -0.05) is 36.6 Å². The molecule has 1 aliphatic carbocycles. The van der Waals surface area contributed by atoms with Gasteiger partial charge in [0.25, 0.3) is 11.9 Å². The first-order chi connectivity index (χ1) is 15.7. The highest BCUT2D eigenvalue weighted by Crippen LogP contribution is 2.28. The van der Waals surface area contributed by atoms with E-state index in [-0.39, 0.29) is 12.0 Å². The van der Waals surface area contributed by atoms with E-state index in [0.29, 0.717) is 46.8 Å². The number of benzene rings is 2. The summed E-state index contributed by atoms with van der Waals surface area (Å²) in [6.45, 7) is 2.02. The lowest BCUT2D eigenvalue weighted by atomic mass is 10.1. The lowest BCUT2D eigenvalue weighted by Gasteiger charge is -2.31. The predicted octanol–water partition coefficient (Wildman–Crippen LogP) is 5.66. The minimum Gasteiger partial charge on any atom is -0.424 e. The maximum absolute atomic E-state index is 13.5. The first-order valence-corrected chi connectivity index (χ1v) is 11.8. The van der Waals surface area contributed by atoms with E-state index in [2.05, 4.69) is 10.3 Å². The van der Waals surface area contributed by atoms with E-state index >= 15 is 0 Å². The van der Waals surface area contributed by atoms with Crippen LogP contribution in [0, 0.1) is 0 Å². The van der Waals surface area contributed by atoms with Crippen LogP contribution in [-0.2, 0) is 11.3 Å². The van der Waals surface area contributed by atoms with Crippen LogP contribution in [0.4, 0.5) is 6.01 Å². The molecule has 7 heteroatoms. The number of fused-ring (bicyclic) bond motifs is 1. The molecule has 5 rings (SSSR count). The molecular weight excluding hydrogens is 426 g/mol. The lowest BCUT2D eigenvalue weighted by Crippen LogP contribution is -2.43. The summed E-state index contributed by atoms with van der Waals surface area (Å²) in [6.07, 6.45) is 6.77. The SMILES string of the molecule is O=C(c1ccc2oc(NCc3cccc(Cl)c3)nc2c1)N(CC1CCCO1)C1CCCC1. The molecule has 1 unspecified atom stereocenters. The normalized spacial score (nSPS) is 19.0. The Kier molecular flexibility index (Phi) is 6.32. The highest BCUT2D eigenvalue weighted by Gasteiger charge is 2.31. The number of nitrogens with one attached hydrogen (secondary N) is 1. The van der Waals surface area contributed by atoms with Crippen LogP contribution in [0.25, 0.3) is 11.1 Å². The number of ether oxygens (including phenoxy) is 1. The Bertz CT molecular complexity index is 1090. The van der Waals surface area contributed by atoms with Gasteiger partial charge in [-0.25, -0.2) is 0 Å². The second-order valence-corrected chi connectivity index (χ2v) is 9.15. The van der Waals surface area contributed by atoms with Crippen molar-refractivity contribution in [1.82, 2.24) is 9.88 Å². The molecule has 1 amide bonds. The van der Waals surface area contributed by atoms with Gasteiger partial charge in [0.15, 0.2) is 5.58 Å². The molecule has 32 heavy (non-hydrogen) atoms. The summed E-state index contributed by atoms with van der Waals surface area (Å²) >= 11 is 6.05. The molecule has 1 aromatic heterocycles. The summed E-state index contributed by atoms with van der Waals surface area (Å²) in [7, 11) is 0. The van der Waals surface area contributed by atoms with Crippen molar-refractivity contribution in [2.24, 2.45) is 0 Å². The Balaban J connectivity index is 1.32. The molecule has 0 radical (unpaired) electrons. The van der Waals surface area contributed by atoms with Gasteiger partial charge >= 0.3 is 0 Å². The molecule has 3 aromatic rings. The van der Waals surface area contributed by atoms with Gasteiger partial charge in [-0.2, -0.15) is 4.98 Å². The smallest absolute Gasteiger partial charge is 0.295 e. The van der Waals surface area contributed by atoms with E-state index in [0.717, 1.165) is 37.9 Å². The van der Waals surface area contributed by atoms with Crippen molar-refractivity contribution in [3.05, 3.63) is 58.6 Å². The van der Waals surface area contributed by atoms with E-state index in [1.165, 1.54) is 12.8 Å². The van der Waals surface area contributed by atoms with Crippen molar-refractivity contribution in [3.63, 3.8) is 0 Å². The van der Waals surface area contributed by atoms with Crippen LogP contribution in [0.1, 0.15) is 54.4 Å². The first-order valence-electron chi connectivity index (χ1n) is 11.5. The molecule has 1 aliphatic heterocycles. The summed E-state index contributed by atoms with van der Waals surface area (Å²) in [5, 5.41) is 3.89. The van der Waals surface area contributed by atoms with Crippen LogP contribution in [0.15, 0.2) is 46.9 Å². The average molecular weight is 454 g/mol. The third kappa shape index (κ3) is 4.76. The molecule has 2 aliphatic rings. The second-order valence-electron chi connectivity index (χ2n) is 8.72. The highest BCUT2D eigenvalue weighted by atomic mass is 35.5. The second kappa shape index (κ2) is 9.51. The summed E-state index contributed by atoms with van der Waals surface area (Å²) in [6, 6.07) is 13.9. The van der Waals surface area contributed by atoms with Gasteiger partial charge in [-0.05, 0) is 61.6 Å². The lowest BCUT2D eigenvalue weighted by molar-refractivity contribution is 0.0421. The third-order valence-corrected chi connectivity index (χ3v) is 6.65. The van der Waals surface area contributed by atoms with E-state index < -0.39 is 0 Å². The fraction of sp³-hybridized carbons (Fsp3) is 0.440. The number of oxazole rings is 1. The van der Waals surface area contributed by atoms with E-state index in [1.54, 1.807) is 0 Å². The molecule has 0 spiro atoms. The Hall–Kier alpha value is -2.57. The monoisotopic (exact) mass is 453 g/mol. The summed E-state index contributed by atoms with van der Waals surface area (Å²) in [5.41, 5.74) is 3.02. The van der Waals surface area contributed by atoms with Crippen molar-refractivity contribution in [2.75, 3.05) is 18.5 Å². The van der Waals surface area contributed by atoms with Gasteiger partial charge in [0.2, 0.25) is 0 Å². The molecule has 1 saturated carbocycles. The number of hydrogen-bond donors (Lipinski definition) is 1. The van der Waals surface area contributed by atoms with Crippen LogP contribution in [-0.4, -0.2) is 41.1 Å². The summed E-state index contributed by atoms with van der Waals surface area (Å²) in [4.78, 5) is 20.1. The summed E-state index contributed by atoms with van der Waals surface area (Å²) < 4.78 is 11.7. The van der Waals surface area contributed by atoms with Gasteiger partial charge in [0, 0.05) is 36.3 Å². The van der Waals surface area contributed by atoms with E-state index in [9.17, 15) is 4.79 Å². The Morgan fingerprint density at radius 3 is 2.78 bits per heavy atom. The van der Waals surface area contributed by atoms with Gasteiger partial charge in [-0.15, -0.1) is 0 Å². The van der Waals surface area contributed by atoms with Gasteiger partial charge in [0.05, 0.1) is 6.10 Å². The quantitative estimate of drug-likeness (QED) is 0.500. The van der Waals surface area contributed by atoms with Crippen LogP contribution < -0.4 is 5.32 Å². The predicted molar refractivity (Wildman–Crippen MR) is 125 cm³/mol. The molecule has 6 nitrogen and oxygen atoms in total. The maximum Gasteiger partial charge on any atom is 0.295 e. The number of carbonyl (C=O) groups excluding carboxylic acids is 1. The van der Waals surface area contributed by atoms with Gasteiger partial charge < -0.3 is 19.4 Å². The van der Waals surface area contributed by atoms with Crippen LogP contribution in [0.2, 0.25) is 5.02 Å². The highest BCUT2D eigenvalue weighted by molar-refractivity contribution is 6.30. The van der Waals surface area contributed by atoms with Gasteiger partial charge in [-0.3, -0.25) is 4.79 Å². The van der Waals surface area contributed by atoms with Crippen molar-refractivity contribution in [1.29, 1.82) is 0 Å². The molecular formula is C25H28ClN3O3. The largest absolute Gasteiger partial charge is 0.424 e. The van der Waals surface area contributed by atoms with Crippen LogP contribution in [0.5, 0.6) is 0 Å². The van der Waals surface area contributed by atoms with Gasteiger partial charge in [0.1, 0.15) is 5.52 Å². The van der Waals surface area contributed by atoms with Crippen molar-refractivity contribution in [2.45, 2.75) is 57.2 Å². The van der Waals surface area contributed by atoms with Crippen LogP contribution in [0.3, 0.4) is 0 Å². The summed E-state index contributed by atoms with van der Waals surface area (Å²) in [5.74, 6) is 0.0609. The number of rotatable bonds is 7. The Morgan fingerprint density at radius 2 is 2.00 bits per heavy atom. The number of nitrogens with zero attached hydrogens (tertiary/aromatic N) is 2. The minimum absolute atomic E-state index is 0.0609. The van der Waals surface area contributed by atoms with Crippen molar-refractivity contribution >= 4 is 34.6 Å². The molecule has 168 valence electrons. The number of halogens is 1. The fourth-order valence-corrected chi connectivity index (χ4v) is 4.96. The Morgan fingerprint density at radius 1 is 1.12 bits per heavy atom.